The molecule has 1 atom stereocenters. The molecule has 0 bridgehead atoms. The first kappa shape index (κ1) is 25.1. The summed E-state index contributed by atoms with van der Waals surface area (Å²) in [6, 6.07) is 19.0. The van der Waals surface area contributed by atoms with Gasteiger partial charge in [0.2, 0.25) is 0 Å². The Morgan fingerprint density at radius 2 is 1.74 bits per heavy atom. The van der Waals surface area contributed by atoms with Gasteiger partial charge in [0.05, 0.1) is 25.4 Å². The fraction of sp³-hybridized carbons (Fsp3) is 0.296. The van der Waals surface area contributed by atoms with Crippen molar-refractivity contribution in [1.82, 2.24) is 9.80 Å². The first-order valence-electron chi connectivity index (χ1n) is 11.4. The largest absolute Gasteiger partial charge is 0.497 e. The third-order valence-electron chi connectivity index (χ3n) is 6.07. The minimum atomic E-state index is -1.10. The van der Waals surface area contributed by atoms with E-state index >= 15 is 0 Å². The maximum absolute atomic E-state index is 14.1. The molecule has 0 N–H and O–H groups in total. The number of halogens is 3. The predicted molar refractivity (Wildman–Crippen MR) is 131 cm³/mol. The zero-order valence-corrected chi connectivity index (χ0v) is 20.2. The second-order valence-electron chi connectivity index (χ2n) is 8.40. The number of amides is 1. The van der Waals surface area contributed by atoms with Crippen LogP contribution in [0.5, 0.6) is 5.75 Å². The van der Waals surface area contributed by atoms with Gasteiger partial charge in [0.1, 0.15) is 5.75 Å². The number of carbonyl (C=O) groups is 1. The fourth-order valence-electron chi connectivity index (χ4n) is 4.13. The molecule has 1 heterocycles. The number of methoxy groups -OCH3 is 1. The number of rotatable bonds is 8. The highest BCUT2D eigenvalue weighted by molar-refractivity contribution is 6.30. The molecule has 3 aromatic rings. The van der Waals surface area contributed by atoms with Crippen LogP contribution in [-0.4, -0.2) is 55.5 Å². The standard InChI is InChI=1S/C27H27ClF2N2O3/c1-34-22-8-3-6-20(16-22)25(35-18-19-5-2-7-21(28)15-19)17-31-11-13-32(14-12-31)27(33)23-9-4-10-24(29)26(23)30/h2-10,15-16,25H,11-14,17-18H2,1H3/t25-/m0/s1. The van der Waals surface area contributed by atoms with Crippen molar-refractivity contribution in [2.24, 2.45) is 0 Å². The van der Waals surface area contributed by atoms with Crippen LogP contribution in [0.1, 0.15) is 27.6 Å². The quantitative estimate of drug-likeness (QED) is 0.418. The van der Waals surface area contributed by atoms with Gasteiger partial charge in [-0.2, -0.15) is 0 Å². The van der Waals surface area contributed by atoms with E-state index in [2.05, 4.69) is 4.90 Å². The summed E-state index contributed by atoms with van der Waals surface area (Å²) in [4.78, 5) is 16.5. The van der Waals surface area contributed by atoms with Crippen LogP contribution in [-0.2, 0) is 11.3 Å². The van der Waals surface area contributed by atoms with Crippen molar-refractivity contribution in [3.63, 3.8) is 0 Å². The first-order valence-corrected chi connectivity index (χ1v) is 11.8. The highest BCUT2D eigenvalue weighted by atomic mass is 35.5. The van der Waals surface area contributed by atoms with Crippen LogP contribution in [0, 0.1) is 11.6 Å². The minimum Gasteiger partial charge on any atom is -0.497 e. The Morgan fingerprint density at radius 3 is 2.49 bits per heavy atom. The molecule has 0 aromatic heterocycles. The van der Waals surface area contributed by atoms with Crippen molar-refractivity contribution in [3.8, 4) is 5.75 Å². The average Bonchev–Trinajstić information content (AvgIpc) is 2.88. The van der Waals surface area contributed by atoms with E-state index in [0.29, 0.717) is 44.4 Å². The van der Waals surface area contributed by atoms with Crippen LogP contribution >= 0.6 is 11.6 Å². The number of hydrogen-bond acceptors (Lipinski definition) is 4. The Balaban J connectivity index is 1.42. The smallest absolute Gasteiger partial charge is 0.257 e. The number of carbonyl (C=O) groups excluding carboxylic acids is 1. The highest BCUT2D eigenvalue weighted by Crippen LogP contribution is 2.26. The molecule has 0 saturated carbocycles. The molecule has 4 rings (SSSR count). The summed E-state index contributed by atoms with van der Waals surface area (Å²) in [5.74, 6) is -1.88. The monoisotopic (exact) mass is 500 g/mol. The number of piperazine rings is 1. The number of nitrogens with zero attached hydrogens (tertiary/aromatic N) is 2. The van der Waals surface area contributed by atoms with Gasteiger partial charge in [-0.1, -0.05) is 41.9 Å². The third kappa shape index (κ3) is 6.36. The maximum Gasteiger partial charge on any atom is 0.257 e. The average molecular weight is 501 g/mol. The van der Waals surface area contributed by atoms with Crippen molar-refractivity contribution >= 4 is 17.5 Å². The van der Waals surface area contributed by atoms with Gasteiger partial charge < -0.3 is 14.4 Å². The van der Waals surface area contributed by atoms with Gasteiger partial charge in [0, 0.05) is 37.7 Å². The van der Waals surface area contributed by atoms with Crippen LogP contribution in [0.15, 0.2) is 66.7 Å². The Labute approximate surface area is 208 Å². The van der Waals surface area contributed by atoms with Crippen LogP contribution < -0.4 is 4.74 Å². The summed E-state index contributed by atoms with van der Waals surface area (Å²) in [6.07, 6.45) is -0.244. The van der Waals surface area contributed by atoms with Crippen molar-refractivity contribution in [2.75, 3.05) is 39.8 Å². The summed E-state index contributed by atoms with van der Waals surface area (Å²) in [6.45, 7) is 2.99. The van der Waals surface area contributed by atoms with Crippen molar-refractivity contribution in [3.05, 3.63) is 100 Å². The Kier molecular flexibility index (Phi) is 8.33. The molecule has 1 saturated heterocycles. The Bertz CT molecular complexity index is 1170. The molecule has 1 fully saturated rings. The van der Waals surface area contributed by atoms with E-state index in [4.69, 9.17) is 21.1 Å². The molecule has 5 nitrogen and oxygen atoms in total. The lowest BCUT2D eigenvalue weighted by Gasteiger charge is -2.36. The van der Waals surface area contributed by atoms with Gasteiger partial charge in [-0.15, -0.1) is 0 Å². The number of benzene rings is 3. The molecular formula is C27H27ClF2N2O3. The molecule has 35 heavy (non-hydrogen) atoms. The van der Waals surface area contributed by atoms with Crippen LogP contribution in [0.25, 0.3) is 0 Å². The molecule has 8 heteroatoms. The van der Waals surface area contributed by atoms with Gasteiger partial charge in [-0.05, 0) is 47.5 Å². The van der Waals surface area contributed by atoms with Gasteiger partial charge in [-0.3, -0.25) is 9.69 Å². The van der Waals surface area contributed by atoms with E-state index in [9.17, 15) is 13.6 Å². The van der Waals surface area contributed by atoms with E-state index in [0.717, 1.165) is 22.9 Å². The third-order valence-corrected chi connectivity index (χ3v) is 6.31. The summed E-state index contributed by atoms with van der Waals surface area (Å²) in [5.41, 5.74) is 1.71. The molecule has 1 amide bonds. The molecule has 0 unspecified atom stereocenters. The molecule has 0 spiro atoms. The van der Waals surface area contributed by atoms with E-state index in [1.807, 2.05) is 48.5 Å². The van der Waals surface area contributed by atoms with E-state index in [1.165, 1.54) is 12.1 Å². The molecule has 1 aliphatic heterocycles. The Hall–Kier alpha value is -3.00. The second-order valence-corrected chi connectivity index (χ2v) is 8.84. The lowest BCUT2D eigenvalue weighted by molar-refractivity contribution is 0.00328. The Morgan fingerprint density at radius 1 is 1.00 bits per heavy atom. The van der Waals surface area contributed by atoms with Gasteiger partial charge in [0.25, 0.3) is 5.91 Å². The van der Waals surface area contributed by atoms with E-state index in [-0.39, 0.29) is 11.7 Å². The lowest BCUT2D eigenvalue weighted by Crippen LogP contribution is -2.49. The minimum absolute atomic E-state index is 0.238. The second kappa shape index (κ2) is 11.6. The zero-order valence-electron chi connectivity index (χ0n) is 19.4. The summed E-state index contributed by atoms with van der Waals surface area (Å²) >= 11 is 6.12. The van der Waals surface area contributed by atoms with E-state index in [1.54, 1.807) is 12.0 Å². The molecule has 184 valence electrons. The molecular weight excluding hydrogens is 474 g/mol. The summed E-state index contributed by atoms with van der Waals surface area (Å²) < 4.78 is 39.3. The van der Waals surface area contributed by atoms with Crippen molar-refractivity contribution in [2.45, 2.75) is 12.7 Å². The predicted octanol–water partition coefficient (Wildman–Crippen LogP) is 5.34. The maximum atomic E-state index is 14.1. The fourth-order valence-corrected chi connectivity index (χ4v) is 4.34. The lowest BCUT2D eigenvalue weighted by atomic mass is 10.1. The van der Waals surface area contributed by atoms with E-state index < -0.39 is 17.5 Å². The highest BCUT2D eigenvalue weighted by Gasteiger charge is 2.27. The SMILES string of the molecule is COc1cccc([C@H](CN2CCN(C(=O)c3cccc(F)c3F)CC2)OCc2cccc(Cl)c2)c1. The number of ether oxygens (including phenoxy) is 2. The van der Waals surface area contributed by atoms with Crippen molar-refractivity contribution < 1.29 is 23.0 Å². The van der Waals surface area contributed by atoms with Crippen LogP contribution in [0.2, 0.25) is 5.02 Å². The summed E-state index contributed by atoms with van der Waals surface area (Å²) in [5, 5.41) is 0.652. The summed E-state index contributed by atoms with van der Waals surface area (Å²) in [7, 11) is 1.62. The first-order chi connectivity index (χ1) is 16.9. The van der Waals surface area contributed by atoms with Crippen LogP contribution in [0.3, 0.4) is 0 Å². The van der Waals surface area contributed by atoms with Gasteiger partial charge in [-0.25, -0.2) is 8.78 Å². The molecule has 3 aromatic carbocycles. The van der Waals surface area contributed by atoms with Gasteiger partial charge in [0.15, 0.2) is 11.6 Å². The molecule has 0 aliphatic carbocycles. The normalized spacial score (nSPS) is 15.1. The van der Waals surface area contributed by atoms with Crippen LogP contribution in [0.4, 0.5) is 8.78 Å². The molecule has 0 radical (unpaired) electrons. The zero-order chi connectivity index (χ0) is 24.8. The van der Waals surface area contributed by atoms with Crippen molar-refractivity contribution in [1.29, 1.82) is 0 Å². The number of hydrogen-bond donors (Lipinski definition) is 0. The van der Waals surface area contributed by atoms with Gasteiger partial charge >= 0.3 is 0 Å². The topological polar surface area (TPSA) is 42.0 Å². The molecule has 1 aliphatic rings.